The van der Waals surface area contributed by atoms with Crippen LogP contribution >= 0.6 is 11.6 Å². The van der Waals surface area contributed by atoms with Crippen molar-refractivity contribution in [3.05, 3.63) is 47.9 Å². The molecular formula is C13H13ClN2. The number of alkyl halides is 1. The first-order chi connectivity index (χ1) is 7.79. The Kier molecular flexibility index (Phi) is 3.52. The van der Waals surface area contributed by atoms with Crippen LogP contribution < -0.4 is 0 Å². The second-order valence-electron chi connectivity index (χ2n) is 3.62. The molecule has 0 unspecified atom stereocenters. The van der Waals surface area contributed by atoms with Gasteiger partial charge in [-0.3, -0.25) is 0 Å². The van der Waals surface area contributed by atoms with E-state index in [-0.39, 0.29) is 0 Å². The van der Waals surface area contributed by atoms with Crippen LogP contribution in [0, 0.1) is 6.92 Å². The number of rotatable bonds is 3. The quantitative estimate of drug-likeness (QED) is 0.760. The van der Waals surface area contributed by atoms with Gasteiger partial charge in [0.15, 0.2) is 0 Å². The number of aromatic nitrogens is 2. The summed E-state index contributed by atoms with van der Waals surface area (Å²) >= 11 is 5.71. The Morgan fingerprint density at radius 2 is 1.88 bits per heavy atom. The van der Waals surface area contributed by atoms with E-state index in [4.69, 9.17) is 11.6 Å². The van der Waals surface area contributed by atoms with E-state index in [1.807, 2.05) is 43.3 Å². The van der Waals surface area contributed by atoms with Gasteiger partial charge in [0.2, 0.25) is 0 Å². The van der Waals surface area contributed by atoms with Gasteiger partial charge in [0, 0.05) is 23.6 Å². The molecule has 0 aliphatic rings. The van der Waals surface area contributed by atoms with Crippen LogP contribution in [-0.2, 0) is 6.42 Å². The van der Waals surface area contributed by atoms with Gasteiger partial charge in [0.25, 0.3) is 0 Å². The van der Waals surface area contributed by atoms with E-state index in [2.05, 4.69) is 9.97 Å². The van der Waals surface area contributed by atoms with Crippen LogP contribution in [0.5, 0.6) is 0 Å². The Balaban J connectivity index is 2.41. The van der Waals surface area contributed by atoms with E-state index in [9.17, 15) is 0 Å². The number of hydrogen-bond acceptors (Lipinski definition) is 2. The van der Waals surface area contributed by atoms with Gasteiger partial charge in [-0.1, -0.05) is 30.3 Å². The van der Waals surface area contributed by atoms with Crippen molar-refractivity contribution >= 4 is 11.6 Å². The minimum absolute atomic E-state index is 0.553. The Hall–Kier alpha value is -1.41. The number of halogens is 1. The molecule has 0 N–H and O–H groups in total. The van der Waals surface area contributed by atoms with Crippen LogP contribution in [0.15, 0.2) is 36.4 Å². The largest absolute Gasteiger partial charge is 0.238 e. The van der Waals surface area contributed by atoms with E-state index < -0.39 is 0 Å². The normalized spacial score (nSPS) is 10.4. The average Bonchev–Trinajstić information content (AvgIpc) is 2.30. The molecule has 0 fully saturated rings. The second kappa shape index (κ2) is 5.08. The van der Waals surface area contributed by atoms with Gasteiger partial charge in [-0.15, -0.1) is 11.6 Å². The molecule has 0 saturated heterocycles. The number of aryl methyl sites for hydroxylation is 2. The van der Waals surface area contributed by atoms with Crippen molar-refractivity contribution in [1.29, 1.82) is 0 Å². The molecule has 1 aromatic heterocycles. The van der Waals surface area contributed by atoms with Crippen molar-refractivity contribution in [2.45, 2.75) is 13.3 Å². The highest BCUT2D eigenvalue weighted by Crippen LogP contribution is 2.17. The number of benzene rings is 1. The molecule has 0 bridgehead atoms. The third kappa shape index (κ3) is 2.58. The standard InChI is InChI=1S/C13H13ClN2/c1-10-9-12(11-5-3-2-4-6-11)16-13(15-10)7-8-14/h2-6,9H,7-8H2,1H3. The van der Waals surface area contributed by atoms with Crippen LogP contribution in [0.1, 0.15) is 11.5 Å². The summed E-state index contributed by atoms with van der Waals surface area (Å²) in [4.78, 5) is 8.85. The van der Waals surface area contributed by atoms with Gasteiger partial charge in [-0.25, -0.2) is 9.97 Å². The lowest BCUT2D eigenvalue weighted by Crippen LogP contribution is -1.99. The van der Waals surface area contributed by atoms with E-state index in [1.165, 1.54) is 0 Å². The van der Waals surface area contributed by atoms with Crippen molar-refractivity contribution in [3.8, 4) is 11.3 Å². The summed E-state index contributed by atoms with van der Waals surface area (Å²) < 4.78 is 0. The Bertz CT molecular complexity index is 469. The molecule has 0 radical (unpaired) electrons. The fourth-order valence-electron chi connectivity index (χ4n) is 1.58. The van der Waals surface area contributed by atoms with Crippen molar-refractivity contribution in [3.63, 3.8) is 0 Å². The monoisotopic (exact) mass is 232 g/mol. The zero-order chi connectivity index (χ0) is 11.4. The van der Waals surface area contributed by atoms with E-state index in [1.54, 1.807) is 0 Å². The Morgan fingerprint density at radius 1 is 1.12 bits per heavy atom. The summed E-state index contributed by atoms with van der Waals surface area (Å²) in [6.07, 6.45) is 0.711. The molecule has 2 nitrogen and oxygen atoms in total. The van der Waals surface area contributed by atoms with Crippen LogP contribution in [0.4, 0.5) is 0 Å². The zero-order valence-corrected chi connectivity index (χ0v) is 9.91. The summed E-state index contributed by atoms with van der Waals surface area (Å²) in [7, 11) is 0. The van der Waals surface area contributed by atoms with Crippen LogP contribution in [0.25, 0.3) is 11.3 Å². The van der Waals surface area contributed by atoms with Crippen molar-refractivity contribution in [2.24, 2.45) is 0 Å². The fourth-order valence-corrected chi connectivity index (χ4v) is 1.75. The molecule has 0 saturated carbocycles. The Morgan fingerprint density at radius 3 is 2.56 bits per heavy atom. The van der Waals surface area contributed by atoms with Gasteiger partial charge in [-0.05, 0) is 13.0 Å². The van der Waals surface area contributed by atoms with Crippen molar-refractivity contribution in [1.82, 2.24) is 9.97 Å². The molecule has 3 heteroatoms. The maximum Gasteiger partial charge on any atom is 0.130 e. The van der Waals surface area contributed by atoms with E-state index in [0.717, 1.165) is 22.8 Å². The maximum absolute atomic E-state index is 5.71. The third-order valence-electron chi connectivity index (χ3n) is 2.29. The molecule has 2 aromatic rings. The molecule has 0 aliphatic carbocycles. The van der Waals surface area contributed by atoms with Gasteiger partial charge >= 0.3 is 0 Å². The van der Waals surface area contributed by atoms with Gasteiger partial charge < -0.3 is 0 Å². The number of hydrogen-bond donors (Lipinski definition) is 0. The van der Waals surface area contributed by atoms with E-state index >= 15 is 0 Å². The lowest BCUT2D eigenvalue weighted by molar-refractivity contribution is 0.926. The first-order valence-corrected chi connectivity index (χ1v) is 5.79. The van der Waals surface area contributed by atoms with E-state index in [0.29, 0.717) is 12.3 Å². The molecule has 0 aliphatic heterocycles. The summed E-state index contributed by atoms with van der Waals surface area (Å²) in [5, 5.41) is 0. The molecule has 16 heavy (non-hydrogen) atoms. The smallest absolute Gasteiger partial charge is 0.130 e. The maximum atomic E-state index is 5.71. The van der Waals surface area contributed by atoms with Crippen molar-refractivity contribution in [2.75, 3.05) is 5.88 Å². The minimum Gasteiger partial charge on any atom is -0.238 e. The lowest BCUT2D eigenvalue weighted by atomic mass is 10.1. The predicted molar refractivity (Wildman–Crippen MR) is 66.6 cm³/mol. The average molecular weight is 233 g/mol. The third-order valence-corrected chi connectivity index (χ3v) is 2.48. The molecule has 1 aromatic carbocycles. The first-order valence-electron chi connectivity index (χ1n) is 5.25. The van der Waals surface area contributed by atoms with Crippen LogP contribution in [0.3, 0.4) is 0 Å². The highest BCUT2D eigenvalue weighted by atomic mass is 35.5. The molecule has 0 spiro atoms. The predicted octanol–water partition coefficient (Wildman–Crippen LogP) is 3.23. The van der Waals surface area contributed by atoms with Gasteiger partial charge in [0.05, 0.1) is 5.69 Å². The van der Waals surface area contributed by atoms with Gasteiger partial charge in [-0.2, -0.15) is 0 Å². The van der Waals surface area contributed by atoms with Crippen LogP contribution in [-0.4, -0.2) is 15.8 Å². The summed E-state index contributed by atoms with van der Waals surface area (Å²) in [6, 6.07) is 12.1. The lowest BCUT2D eigenvalue weighted by Gasteiger charge is -2.04. The van der Waals surface area contributed by atoms with Crippen LogP contribution in [0.2, 0.25) is 0 Å². The minimum atomic E-state index is 0.553. The first kappa shape index (κ1) is 11.1. The second-order valence-corrected chi connectivity index (χ2v) is 3.99. The molecule has 1 heterocycles. The van der Waals surface area contributed by atoms with Crippen molar-refractivity contribution < 1.29 is 0 Å². The topological polar surface area (TPSA) is 25.8 Å². The fraction of sp³-hybridized carbons (Fsp3) is 0.231. The molecule has 2 rings (SSSR count). The molecular weight excluding hydrogens is 220 g/mol. The molecule has 0 amide bonds. The summed E-state index contributed by atoms with van der Waals surface area (Å²) in [6.45, 7) is 1.98. The zero-order valence-electron chi connectivity index (χ0n) is 9.15. The molecule has 0 atom stereocenters. The highest BCUT2D eigenvalue weighted by molar-refractivity contribution is 6.17. The number of nitrogens with zero attached hydrogens (tertiary/aromatic N) is 2. The highest BCUT2D eigenvalue weighted by Gasteiger charge is 2.03. The summed E-state index contributed by atoms with van der Waals surface area (Å²) in [5.74, 6) is 1.37. The molecule has 82 valence electrons. The summed E-state index contributed by atoms with van der Waals surface area (Å²) in [5.41, 5.74) is 3.06. The van der Waals surface area contributed by atoms with Gasteiger partial charge in [0.1, 0.15) is 5.82 Å². The SMILES string of the molecule is Cc1cc(-c2ccccc2)nc(CCCl)n1. The Labute approximate surface area is 100 Å².